The van der Waals surface area contributed by atoms with Crippen molar-refractivity contribution in [1.82, 2.24) is 0 Å². The van der Waals surface area contributed by atoms with Crippen LogP contribution in [0.3, 0.4) is 0 Å². The first-order valence-electron chi connectivity index (χ1n) is 11.3. The monoisotopic (exact) mass is 526 g/mol. The quantitative estimate of drug-likeness (QED) is 0.217. The maximum absolute atomic E-state index is 12.6. The summed E-state index contributed by atoms with van der Waals surface area (Å²) < 4.78 is 27.4. The molecule has 0 amide bonds. The van der Waals surface area contributed by atoms with Gasteiger partial charge in [0.25, 0.3) is 0 Å². The zero-order valence-electron chi connectivity index (χ0n) is 20.7. The van der Waals surface area contributed by atoms with Crippen LogP contribution in [0.1, 0.15) is 11.7 Å². The van der Waals surface area contributed by atoms with Gasteiger partial charge >= 0.3 is 0 Å². The van der Waals surface area contributed by atoms with Crippen LogP contribution in [-0.4, -0.2) is 59.6 Å². The summed E-state index contributed by atoms with van der Waals surface area (Å²) in [6.07, 6.45) is -2.74. The summed E-state index contributed by atoms with van der Waals surface area (Å²) in [6.45, 7) is -0.361. The minimum Gasteiger partial charge on any atom is -0.508 e. The van der Waals surface area contributed by atoms with Crippen molar-refractivity contribution >= 4 is 11.0 Å². The van der Waals surface area contributed by atoms with E-state index in [4.69, 9.17) is 23.4 Å². The van der Waals surface area contributed by atoms with Gasteiger partial charge in [-0.2, -0.15) is 0 Å². The molecule has 11 heteroatoms. The molecule has 0 radical (unpaired) electrons. The average molecular weight is 526 g/mol. The van der Waals surface area contributed by atoms with E-state index in [1.54, 1.807) is 0 Å². The molecular weight excluding hydrogens is 500 g/mol. The number of phenols is 3. The van der Waals surface area contributed by atoms with Crippen molar-refractivity contribution in [1.29, 1.82) is 0 Å². The smallest absolute Gasteiger partial charge is 0.203 e. The highest BCUT2D eigenvalue weighted by molar-refractivity contribution is 5.86. The lowest BCUT2D eigenvalue weighted by atomic mass is 10.0. The first-order chi connectivity index (χ1) is 18.2. The number of aliphatic hydroxyl groups excluding tert-OH is 2. The van der Waals surface area contributed by atoms with Crippen molar-refractivity contribution in [2.24, 2.45) is 0 Å². The van der Waals surface area contributed by atoms with E-state index in [2.05, 4.69) is 0 Å². The first kappa shape index (κ1) is 26.5. The average Bonchev–Trinajstić information content (AvgIpc) is 2.90. The van der Waals surface area contributed by atoms with E-state index in [0.717, 1.165) is 6.07 Å². The second-order valence-corrected chi connectivity index (χ2v) is 8.28. The number of aliphatic hydroxyl groups is 2. The summed E-state index contributed by atoms with van der Waals surface area (Å²) in [4.78, 5) is 12.6. The highest BCUT2D eigenvalue weighted by Gasteiger charge is 2.24. The van der Waals surface area contributed by atoms with Crippen molar-refractivity contribution in [3.05, 3.63) is 64.3 Å². The van der Waals surface area contributed by atoms with E-state index in [0.29, 0.717) is 11.1 Å². The standard InChI is InChI=1S/C27H26O11/c1-34-21-6-13(4-5-16(21)29)26(33)19(32)12-37-27-23(35-2)7-14(8-24(27)36-3)20-11-18(31)25-17(30)9-15(28)10-22(25)38-20/h4-11,19,26,28-30,32-33H,12H2,1-3H3/t19-,26-/m1/s1. The Balaban J connectivity index is 1.63. The van der Waals surface area contributed by atoms with Gasteiger partial charge < -0.3 is 48.9 Å². The van der Waals surface area contributed by atoms with Crippen LogP contribution >= 0.6 is 0 Å². The normalized spacial score (nSPS) is 12.7. The number of rotatable bonds is 9. The molecule has 0 bridgehead atoms. The van der Waals surface area contributed by atoms with Crippen molar-refractivity contribution in [3.8, 4) is 51.6 Å². The van der Waals surface area contributed by atoms with Crippen molar-refractivity contribution in [3.63, 3.8) is 0 Å². The van der Waals surface area contributed by atoms with E-state index in [1.165, 1.54) is 63.8 Å². The Hall–Kier alpha value is -4.61. The molecule has 5 N–H and O–H groups in total. The molecule has 3 aromatic carbocycles. The van der Waals surface area contributed by atoms with Gasteiger partial charge in [-0.25, -0.2) is 0 Å². The van der Waals surface area contributed by atoms with Crippen LogP contribution in [0, 0.1) is 0 Å². The van der Waals surface area contributed by atoms with Crippen molar-refractivity contribution in [2.75, 3.05) is 27.9 Å². The molecule has 2 atom stereocenters. The number of hydrogen-bond acceptors (Lipinski definition) is 11. The molecule has 0 aliphatic carbocycles. The Labute approximate surface area is 216 Å². The lowest BCUT2D eigenvalue weighted by molar-refractivity contribution is -0.00998. The van der Waals surface area contributed by atoms with Crippen LogP contribution in [0.4, 0.5) is 0 Å². The predicted octanol–water partition coefficient (Wildman–Crippen LogP) is 3.08. The van der Waals surface area contributed by atoms with Crippen LogP contribution in [-0.2, 0) is 0 Å². The third-order valence-electron chi connectivity index (χ3n) is 5.85. The van der Waals surface area contributed by atoms with Gasteiger partial charge in [0, 0.05) is 23.8 Å². The summed E-state index contributed by atoms with van der Waals surface area (Å²) in [5.74, 6) is -0.0906. The van der Waals surface area contributed by atoms with Gasteiger partial charge in [-0.1, -0.05) is 6.07 Å². The van der Waals surface area contributed by atoms with Crippen LogP contribution in [0.15, 0.2) is 57.7 Å². The van der Waals surface area contributed by atoms with E-state index in [1.807, 2.05) is 0 Å². The lowest BCUT2D eigenvalue weighted by Crippen LogP contribution is -2.25. The number of hydrogen-bond donors (Lipinski definition) is 5. The molecule has 0 fully saturated rings. The summed E-state index contributed by atoms with van der Waals surface area (Å²) >= 11 is 0. The van der Waals surface area contributed by atoms with E-state index in [9.17, 15) is 30.3 Å². The number of aromatic hydroxyl groups is 3. The zero-order valence-corrected chi connectivity index (χ0v) is 20.7. The summed E-state index contributed by atoms with van der Waals surface area (Å²) in [5, 5.41) is 50.6. The maximum atomic E-state index is 12.6. The number of benzene rings is 3. The Morgan fingerprint density at radius 2 is 1.47 bits per heavy atom. The Morgan fingerprint density at radius 1 is 0.816 bits per heavy atom. The fraction of sp³-hybridized carbons (Fsp3) is 0.222. The SMILES string of the molecule is COc1cc([C@@H](O)[C@H](O)COc2c(OC)cc(-c3cc(=O)c4c(O)cc(O)cc4o3)cc2OC)ccc1O. The van der Waals surface area contributed by atoms with Crippen molar-refractivity contribution < 1.29 is 48.9 Å². The number of fused-ring (bicyclic) bond motifs is 1. The fourth-order valence-electron chi connectivity index (χ4n) is 3.92. The topological polar surface area (TPSA) is 168 Å². The van der Waals surface area contributed by atoms with E-state index in [-0.39, 0.29) is 57.8 Å². The second-order valence-electron chi connectivity index (χ2n) is 8.28. The van der Waals surface area contributed by atoms with Gasteiger partial charge in [0.05, 0.1) is 21.3 Å². The van der Waals surface area contributed by atoms with Gasteiger partial charge in [-0.3, -0.25) is 4.79 Å². The third kappa shape index (κ3) is 5.10. The third-order valence-corrected chi connectivity index (χ3v) is 5.85. The molecule has 0 aliphatic rings. The molecule has 11 nitrogen and oxygen atoms in total. The molecule has 0 spiro atoms. The van der Waals surface area contributed by atoms with E-state index >= 15 is 0 Å². The van der Waals surface area contributed by atoms with Crippen LogP contribution in [0.25, 0.3) is 22.3 Å². The predicted molar refractivity (Wildman–Crippen MR) is 135 cm³/mol. The molecule has 200 valence electrons. The summed E-state index contributed by atoms with van der Waals surface area (Å²) in [6, 6.07) is 10.6. The Morgan fingerprint density at radius 3 is 2.11 bits per heavy atom. The number of methoxy groups -OCH3 is 3. The number of phenolic OH excluding ortho intramolecular Hbond substituents is 3. The summed E-state index contributed by atoms with van der Waals surface area (Å²) in [5.41, 5.74) is 0.115. The molecule has 4 rings (SSSR count). The second kappa shape index (κ2) is 10.8. The molecule has 4 aromatic rings. The largest absolute Gasteiger partial charge is 0.508 e. The van der Waals surface area contributed by atoms with Gasteiger partial charge in [0.2, 0.25) is 5.75 Å². The molecule has 0 unspecified atom stereocenters. The fourth-order valence-corrected chi connectivity index (χ4v) is 3.92. The molecule has 0 aliphatic heterocycles. The van der Waals surface area contributed by atoms with E-state index < -0.39 is 23.4 Å². The molecule has 0 saturated heterocycles. The van der Waals surface area contributed by atoms with Crippen LogP contribution in [0.5, 0.6) is 40.2 Å². The molecular formula is C27H26O11. The summed E-state index contributed by atoms with van der Waals surface area (Å²) in [7, 11) is 4.13. The molecule has 1 heterocycles. The molecule has 38 heavy (non-hydrogen) atoms. The molecule has 0 saturated carbocycles. The highest BCUT2D eigenvalue weighted by Crippen LogP contribution is 2.42. The minimum absolute atomic E-state index is 0.0220. The molecule has 1 aromatic heterocycles. The Kier molecular flexibility index (Phi) is 7.51. The lowest BCUT2D eigenvalue weighted by Gasteiger charge is -2.21. The minimum atomic E-state index is -1.38. The highest BCUT2D eigenvalue weighted by atomic mass is 16.5. The van der Waals surface area contributed by atoms with Crippen LogP contribution in [0.2, 0.25) is 0 Å². The van der Waals surface area contributed by atoms with Gasteiger partial charge in [-0.05, 0) is 29.8 Å². The number of ether oxygens (including phenoxy) is 4. The van der Waals surface area contributed by atoms with Gasteiger partial charge in [0.15, 0.2) is 28.4 Å². The maximum Gasteiger partial charge on any atom is 0.203 e. The van der Waals surface area contributed by atoms with Gasteiger partial charge in [-0.15, -0.1) is 0 Å². The van der Waals surface area contributed by atoms with Gasteiger partial charge in [0.1, 0.15) is 47.0 Å². The zero-order chi connectivity index (χ0) is 27.6. The van der Waals surface area contributed by atoms with Crippen molar-refractivity contribution in [2.45, 2.75) is 12.2 Å². The Bertz CT molecular complexity index is 1500. The first-order valence-corrected chi connectivity index (χ1v) is 11.3. The van der Waals surface area contributed by atoms with Crippen LogP contribution < -0.4 is 24.4 Å².